The summed E-state index contributed by atoms with van der Waals surface area (Å²) in [6.07, 6.45) is 2.53. The van der Waals surface area contributed by atoms with Gasteiger partial charge >= 0.3 is 5.97 Å². The van der Waals surface area contributed by atoms with Crippen LogP contribution in [-0.4, -0.2) is 35.8 Å². The predicted octanol–water partition coefficient (Wildman–Crippen LogP) is 4.03. The first-order valence-electron chi connectivity index (χ1n) is 9.22. The Balaban J connectivity index is 2.00. The molecule has 0 spiro atoms. The molecule has 26 heavy (non-hydrogen) atoms. The molecule has 1 fully saturated rings. The van der Waals surface area contributed by atoms with E-state index in [1.807, 2.05) is 48.5 Å². The van der Waals surface area contributed by atoms with Gasteiger partial charge in [0.15, 0.2) is 6.10 Å². The van der Waals surface area contributed by atoms with E-state index in [2.05, 4.69) is 4.90 Å². The first-order valence-corrected chi connectivity index (χ1v) is 9.22. The number of hydrogen-bond donors (Lipinski definition) is 0. The Morgan fingerprint density at radius 3 is 2.04 bits per heavy atom. The summed E-state index contributed by atoms with van der Waals surface area (Å²) < 4.78 is 5.61. The Morgan fingerprint density at radius 2 is 1.46 bits per heavy atom. The van der Waals surface area contributed by atoms with Crippen LogP contribution in [0, 0.1) is 0 Å². The topological polar surface area (TPSA) is 46.6 Å². The molecule has 1 aliphatic rings. The number of rotatable bonds is 6. The number of ketones is 1. The van der Waals surface area contributed by atoms with Gasteiger partial charge in [0, 0.05) is 12.5 Å². The van der Waals surface area contributed by atoms with Gasteiger partial charge in [-0.25, -0.2) is 0 Å². The van der Waals surface area contributed by atoms with Crippen LogP contribution in [0.15, 0.2) is 60.7 Å². The summed E-state index contributed by atoms with van der Waals surface area (Å²) in [5.74, 6) is -0.586. The molecule has 0 saturated carbocycles. The number of ether oxygens (including phenoxy) is 1. The first-order chi connectivity index (χ1) is 12.7. The molecule has 0 radical (unpaired) electrons. The van der Waals surface area contributed by atoms with Crippen LogP contribution in [0.2, 0.25) is 0 Å². The average molecular weight is 351 g/mol. The maximum absolute atomic E-state index is 13.2. The van der Waals surface area contributed by atoms with E-state index < -0.39 is 12.1 Å². The zero-order valence-electron chi connectivity index (χ0n) is 15.1. The molecule has 0 aliphatic carbocycles. The predicted molar refractivity (Wildman–Crippen MR) is 101 cm³/mol. The minimum atomic E-state index is -0.851. The van der Waals surface area contributed by atoms with Gasteiger partial charge in [0.2, 0.25) is 5.78 Å². The molecule has 1 heterocycles. The monoisotopic (exact) mass is 351 g/mol. The second kappa shape index (κ2) is 8.77. The Labute approximate surface area is 154 Å². The van der Waals surface area contributed by atoms with Gasteiger partial charge in [-0.05, 0) is 31.5 Å². The van der Waals surface area contributed by atoms with Crippen molar-refractivity contribution in [2.24, 2.45) is 0 Å². The fourth-order valence-electron chi connectivity index (χ4n) is 3.63. The van der Waals surface area contributed by atoms with Crippen LogP contribution in [0.25, 0.3) is 0 Å². The maximum Gasteiger partial charge on any atom is 0.303 e. The molecule has 2 atom stereocenters. The van der Waals surface area contributed by atoms with E-state index in [1.165, 1.54) is 13.3 Å². The van der Waals surface area contributed by atoms with Gasteiger partial charge < -0.3 is 4.74 Å². The van der Waals surface area contributed by atoms with Crippen molar-refractivity contribution >= 4 is 11.8 Å². The van der Waals surface area contributed by atoms with Gasteiger partial charge in [-0.3, -0.25) is 14.5 Å². The summed E-state index contributed by atoms with van der Waals surface area (Å²) in [4.78, 5) is 27.3. The fourth-order valence-corrected chi connectivity index (χ4v) is 3.63. The number of piperidine rings is 1. The molecule has 0 aromatic heterocycles. The van der Waals surface area contributed by atoms with E-state index in [0.29, 0.717) is 5.56 Å². The van der Waals surface area contributed by atoms with Crippen LogP contribution in [0.4, 0.5) is 0 Å². The quantitative estimate of drug-likeness (QED) is 0.582. The summed E-state index contributed by atoms with van der Waals surface area (Å²) >= 11 is 0. The molecule has 2 unspecified atom stereocenters. The number of likely N-dealkylation sites (tertiary alicyclic amines) is 1. The highest BCUT2D eigenvalue weighted by Gasteiger charge is 2.37. The lowest BCUT2D eigenvalue weighted by molar-refractivity contribution is -0.147. The lowest BCUT2D eigenvalue weighted by Gasteiger charge is -2.38. The lowest BCUT2D eigenvalue weighted by atomic mass is 9.92. The summed E-state index contributed by atoms with van der Waals surface area (Å²) in [7, 11) is 0. The first kappa shape index (κ1) is 18.3. The largest absolute Gasteiger partial charge is 0.452 e. The van der Waals surface area contributed by atoms with Gasteiger partial charge in [0.1, 0.15) is 0 Å². The third kappa shape index (κ3) is 4.38. The number of nitrogens with zero attached hydrogens (tertiary/aromatic N) is 1. The number of benzene rings is 2. The molecule has 4 nitrogen and oxygen atoms in total. The standard InChI is InChI=1S/C22H25NO3/c1-17(24)26-22(21(25)19-13-7-3-8-14-19)20(18-11-5-2-6-12-18)23-15-9-4-10-16-23/h2-3,5-8,11-14,20,22H,4,9-10,15-16H2,1H3. The van der Waals surface area contributed by atoms with Crippen molar-refractivity contribution in [1.82, 2.24) is 4.90 Å². The third-order valence-corrected chi connectivity index (χ3v) is 4.82. The molecule has 0 N–H and O–H groups in total. The van der Waals surface area contributed by atoms with E-state index in [4.69, 9.17) is 4.74 Å². The molecular weight excluding hydrogens is 326 g/mol. The molecule has 1 saturated heterocycles. The van der Waals surface area contributed by atoms with E-state index in [0.717, 1.165) is 31.5 Å². The van der Waals surface area contributed by atoms with Crippen LogP contribution in [0.3, 0.4) is 0 Å². The van der Waals surface area contributed by atoms with Crippen molar-refractivity contribution in [3.63, 3.8) is 0 Å². The van der Waals surface area contributed by atoms with Crippen molar-refractivity contribution in [3.05, 3.63) is 71.8 Å². The minimum Gasteiger partial charge on any atom is -0.452 e. The highest BCUT2D eigenvalue weighted by Crippen LogP contribution is 2.31. The number of Topliss-reactive ketones (excluding diaryl/α,β-unsaturated/α-hetero) is 1. The Kier molecular flexibility index (Phi) is 6.18. The fraction of sp³-hybridized carbons (Fsp3) is 0.364. The zero-order valence-corrected chi connectivity index (χ0v) is 15.1. The van der Waals surface area contributed by atoms with Gasteiger partial charge in [-0.1, -0.05) is 67.1 Å². The van der Waals surface area contributed by atoms with Crippen LogP contribution in [0.1, 0.15) is 48.1 Å². The molecule has 0 amide bonds. The van der Waals surface area contributed by atoms with E-state index in [1.54, 1.807) is 12.1 Å². The molecule has 3 rings (SSSR count). The SMILES string of the molecule is CC(=O)OC(C(=O)c1ccccc1)C(c1ccccc1)N1CCCCC1. The van der Waals surface area contributed by atoms with Crippen molar-refractivity contribution in [2.45, 2.75) is 38.3 Å². The van der Waals surface area contributed by atoms with Crippen molar-refractivity contribution in [2.75, 3.05) is 13.1 Å². The number of hydrogen-bond acceptors (Lipinski definition) is 4. The average Bonchev–Trinajstić information content (AvgIpc) is 2.69. The van der Waals surface area contributed by atoms with E-state index >= 15 is 0 Å². The molecule has 4 heteroatoms. The highest BCUT2D eigenvalue weighted by atomic mass is 16.5. The van der Waals surface area contributed by atoms with E-state index in [-0.39, 0.29) is 11.8 Å². The Morgan fingerprint density at radius 1 is 0.885 bits per heavy atom. The lowest BCUT2D eigenvalue weighted by Crippen LogP contribution is -2.45. The molecule has 2 aromatic carbocycles. The molecule has 1 aliphatic heterocycles. The minimum absolute atomic E-state index is 0.153. The van der Waals surface area contributed by atoms with Gasteiger partial charge in [0.05, 0.1) is 6.04 Å². The van der Waals surface area contributed by atoms with E-state index in [9.17, 15) is 9.59 Å². The Bertz CT molecular complexity index is 724. The van der Waals surface area contributed by atoms with Crippen LogP contribution < -0.4 is 0 Å². The molecule has 0 bridgehead atoms. The highest BCUT2D eigenvalue weighted by molar-refractivity contribution is 6.01. The number of carbonyl (C=O) groups is 2. The number of esters is 1. The summed E-state index contributed by atoms with van der Waals surface area (Å²) in [6.45, 7) is 3.17. The summed E-state index contributed by atoms with van der Waals surface area (Å²) in [6, 6.07) is 18.7. The van der Waals surface area contributed by atoms with Crippen molar-refractivity contribution in [3.8, 4) is 0 Å². The molecular formula is C22H25NO3. The second-order valence-electron chi connectivity index (χ2n) is 6.71. The van der Waals surface area contributed by atoms with Crippen LogP contribution in [0.5, 0.6) is 0 Å². The van der Waals surface area contributed by atoms with Gasteiger partial charge in [-0.15, -0.1) is 0 Å². The summed E-state index contributed by atoms with van der Waals surface area (Å²) in [5.41, 5.74) is 1.57. The molecule has 2 aromatic rings. The van der Waals surface area contributed by atoms with Crippen LogP contribution in [-0.2, 0) is 9.53 Å². The second-order valence-corrected chi connectivity index (χ2v) is 6.71. The van der Waals surface area contributed by atoms with Gasteiger partial charge in [0.25, 0.3) is 0 Å². The number of carbonyl (C=O) groups excluding carboxylic acids is 2. The Hall–Kier alpha value is -2.46. The smallest absolute Gasteiger partial charge is 0.303 e. The normalized spacial score (nSPS) is 17.3. The van der Waals surface area contributed by atoms with Crippen LogP contribution >= 0.6 is 0 Å². The zero-order chi connectivity index (χ0) is 18.4. The molecule has 136 valence electrons. The summed E-state index contributed by atoms with van der Waals surface area (Å²) in [5, 5.41) is 0. The van der Waals surface area contributed by atoms with Crippen molar-refractivity contribution in [1.29, 1.82) is 0 Å². The maximum atomic E-state index is 13.2. The third-order valence-electron chi connectivity index (χ3n) is 4.82. The van der Waals surface area contributed by atoms with Gasteiger partial charge in [-0.2, -0.15) is 0 Å². The van der Waals surface area contributed by atoms with Crippen molar-refractivity contribution < 1.29 is 14.3 Å².